The SMILES string of the molecule is O=C(NC(=O)c1c(F)cccc1Cl)Nc1cc(Cl)c(Oc2ccc(Cl)c3ccccc23)c(Cl)c1. The van der Waals surface area contributed by atoms with E-state index in [1.54, 1.807) is 12.1 Å². The van der Waals surface area contributed by atoms with Gasteiger partial charge >= 0.3 is 6.03 Å². The number of anilines is 1. The largest absolute Gasteiger partial charge is 0.454 e. The lowest BCUT2D eigenvalue weighted by Gasteiger charge is -2.14. The van der Waals surface area contributed by atoms with Crippen molar-refractivity contribution >= 4 is 74.8 Å². The first kappa shape index (κ1) is 24.1. The van der Waals surface area contributed by atoms with Gasteiger partial charge in [-0.15, -0.1) is 0 Å². The number of ether oxygens (including phenoxy) is 1. The summed E-state index contributed by atoms with van der Waals surface area (Å²) < 4.78 is 19.8. The molecule has 0 fully saturated rings. The average molecular weight is 538 g/mol. The summed E-state index contributed by atoms with van der Waals surface area (Å²) in [7, 11) is 0. The van der Waals surface area contributed by atoms with Gasteiger partial charge in [0.05, 0.1) is 20.6 Å². The van der Waals surface area contributed by atoms with Gasteiger partial charge in [0.1, 0.15) is 11.6 Å². The number of urea groups is 1. The molecule has 4 aromatic rings. The van der Waals surface area contributed by atoms with Crippen molar-refractivity contribution in [2.45, 2.75) is 0 Å². The molecule has 0 bridgehead atoms. The zero-order valence-corrected chi connectivity index (χ0v) is 20.0. The topological polar surface area (TPSA) is 67.4 Å². The summed E-state index contributed by atoms with van der Waals surface area (Å²) in [5.41, 5.74) is -0.275. The summed E-state index contributed by atoms with van der Waals surface area (Å²) in [6, 6.07) is 16.4. The number of rotatable bonds is 4. The maximum atomic E-state index is 13.9. The molecule has 4 rings (SSSR count). The molecule has 0 saturated heterocycles. The first-order chi connectivity index (χ1) is 16.2. The first-order valence-electron chi connectivity index (χ1n) is 9.65. The lowest BCUT2D eigenvalue weighted by molar-refractivity contribution is 0.0963. The van der Waals surface area contributed by atoms with E-state index in [0.717, 1.165) is 16.8 Å². The molecule has 3 amide bonds. The molecule has 0 heterocycles. The van der Waals surface area contributed by atoms with Crippen LogP contribution in [-0.4, -0.2) is 11.9 Å². The molecule has 0 aromatic heterocycles. The van der Waals surface area contributed by atoms with Crippen molar-refractivity contribution in [3.05, 3.63) is 98.2 Å². The van der Waals surface area contributed by atoms with Gasteiger partial charge in [0.15, 0.2) is 5.75 Å². The Kier molecular flexibility index (Phi) is 7.14. The van der Waals surface area contributed by atoms with Crippen LogP contribution in [0.1, 0.15) is 10.4 Å². The second-order valence-corrected chi connectivity index (χ2v) is 8.60. The lowest BCUT2D eigenvalue weighted by Crippen LogP contribution is -2.35. The van der Waals surface area contributed by atoms with E-state index in [2.05, 4.69) is 5.32 Å². The molecule has 0 aliphatic heterocycles. The van der Waals surface area contributed by atoms with Gasteiger partial charge in [-0.2, -0.15) is 0 Å². The minimum absolute atomic E-state index is 0.102. The molecule has 2 N–H and O–H groups in total. The van der Waals surface area contributed by atoms with Crippen LogP contribution in [0.3, 0.4) is 0 Å². The zero-order valence-electron chi connectivity index (χ0n) is 17.0. The minimum Gasteiger partial charge on any atom is -0.454 e. The fraction of sp³-hybridized carbons (Fsp3) is 0. The van der Waals surface area contributed by atoms with Gasteiger partial charge in [-0.05, 0) is 36.4 Å². The fourth-order valence-corrected chi connectivity index (χ4v) is 4.25. The van der Waals surface area contributed by atoms with Crippen LogP contribution in [0.25, 0.3) is 10.8 Å². The van der Waals surface area contributed by atoms with Crippen molar-refractivity contribution in [1.29, 1.82) is 0 Å². The Balaban J connectivity index is 1.53. The molecule has 0 spiro atoms. The second kappa shape index (κ2) is 10.1. The number of imide groups is 1. The third-order valence-corrected chi connectivity index (χ3v) is 5.92. The molecule has 34 heavy (non-hydrogen) atoms. The maximum Gasteiger partial charge on any atom is 0.326 e. The highest BCUT2D eigenvalue weighted by Gasteiger charge is 2.19. The number of hydrogen-bond acceptors (Lipinski definition) is 3. The van der Waals surface area contributed by atoms with Crippen molar-refractivity contribution in [1.82, 2.24) is 5.32 Å². The van der Waals surface area contributed by atoms with Gasteiger partial charge in [0.2, 0.25) is 0 Å². The number of halogens is 5. The molecular formula is C24H13Cl4FN2O3. The Labute approximate surface area is 213 Å². The Morgan fingerprint density at radius 1 is 0.765 bits per heavy atom. The molecular weight excluding hydrogens is 525 g/mol. The van der Waals surface area contributed by atoms with E-state index in [4.69, 9.17) is 51.1 Å². The predicted molar refractivity (Wildman–Crippen MR) is 133 cm³/mol. The molecule has 0 unspecified atom stereocenters. The van der Waals surface area contributed by atoms with Crippen LogP contribution < -0.4 is 15.4 Å². The number of carbonyl (C=O) groups excluding carboxylic acids is 2. The van der Waals surface area contributed by atoms with Crippen molar-refractivity contribution in [3.8, 4) is 11.5 Å². The van der Waals surface area contributed by atoms with E-state index >= 15 is 0 Å². The molecule has 0 atom stereocenters. The van der Waals surface area contributed by atoms with Gasteiger partial charge in [-0.3, -0.25) is 10.1 Å². The van der Waals surface area contributed by atoms with Crippen molar-refractivity contribution in [2.75, 3.05) is 5.32 Å². The van der Waals surface area contributed by atoms with Gasteiger partial charge in [0.25, 0.3) is 5.91 Å². The summed E-state index contributed by atoms with van der Waals surface area (Å²) in [5.74, 6) is -1.22. The van der Waals surface area contributed by atoms with Crippen molar-refractivity contribution in [3.63, 3.8) is 0 Å². The average Bonchev–Trinajstić information content (AvgIpc) is 2.77. The molecule has 0 aliphatic carbocycles. The van der Waals surface area contributed by atoms with Crippen LogP contribution >= 0.6 is 46.4 Å². The van der Waals surface area contributed by atoms with E-state index in [1.807, 2.05) is 29.6 Å². The molecule has 0 radical (unpaired) electrons. The monoisotopic (exact) mass is 536 g/mol. The van der Waals surface area contributed by atoms with Crippen LogP contribution in [-0.2, 0) is 0 Å². The normalized spacial score (nSPS) is 10.7. The Morgan fingerprint density at radius 2 is 1.44 bits per heavy atom. The molecule has 10 heteroatoms. The van der Waals surface area contributed by atoms with Crippen LogP contribution in [0.2, 0.25) is 20.1 Å². The number of hydrogen-bond donors (Lipinski definition) is 2. The second-order valence-electron chi connectivity index (χ2n) is 6.97. The van der Waals surface area contributed by atoms with E-state index in [-0.39, 0.29) is 26.5 Å². The Hall–Kier alpha value is -3.03. The quantitative estimate of drug-likeness (QED) is 0.275. The minimum atomic E-state index is -1.01. The van der Waals surface area contributed by atoms with Gasteiger partial charge < -0.3 is 10.1 Å². The highest BCUT2D eigenvalue weighted by molar-refractivity contribution is 6.38. The van der Waals surface area contributed by atoms with Crippen molar-refractivity contribution in [2.24, 2.45) is 0 Å². The number of carbonyl (C=O) groups is 2. The van der Waals surface area contributed by atoms with E-state index < -0.39 is 23.3 Å². The van der Waals surface area contributed by atoms with Crippen LogP contribution in [0, 0.1) is 5.82 Å². The summed E-state index contributed by atoms with van der Waals surface area (Å²) in [6.07, 6.45) is 0. The van der Waals surface area contributed by atoms with Crippen LogP contribution in [0.5, 0.6) is 11.5 Å². The molecule has 0 aliphatic rings. The highest BCUT2D eigenvalue weighted by Crippen LogP contribution is 2.41. The number of fused-ring (bicyclic) bond motifs is 1. The first-order valence-corrected chi connectivity index (χ1v) is 11.2. The number of nitrogens with one attached hydrogen (secondary N) is 2. The maximum absolute atomic E-state index is 13.9. The van der Waals surface area contributed by atoms with Gasteiger partial charge in [-0.25, -0.2) is 9.18 Å². The summed E-state index contributed by atoms with van der Waals surface area (Å²) in [5, 5.41) is 6.61. The fourth-order valence-electron chi connectivity index (χ4n) is 3.21. The Morgan fingerprint density at radius 3 is 2.12 bits per heavy atom. The summed E-state index contributed by atoms with van der Waals surface area (Å²) >= 11 is 24.8. The van der Waals surface area contributed by atoms with Crippen molar-refractivity contribution < 1.29 is 18.7 Å². The molecule has 4 aromatic carbocycles. The number of amides is 3. The lowest BCUT2D eigenvalue weighted by atomic mass is 10.1. The predicted octanol–water partition coefficient (Wildman–Crippen LogP) is 8.35. The third-order valence-electron chi connectivity index (χ3n) is 4.72. The standard InChI is InChI=1S/C24H13Cl4FN2O3/c25-15-8-9-20(14-5-2-1-4-13(14)15)34-22-17(27)10-12(11-18(22)28)30-24(33)31-23(32)21-16(26)6-3-7-19(21)29/h1-11H,(H2,30,31,32,33). The van der Waals surface area contributed by atoms with Gasteiger partial charge in [0, 0.05) is 21.5 Å². The highest BCUT2D eigenvalue weighted by atomic mass is 35.5. The van der Waals surface area contributed by atoms with Gasteiger partial charge in [-0.1, -0.05) is 76.7 Å². The third kappa shape index (κ3) is 5.05. The molecule has 5 nitrogen and oxygen atoms in total. The zero-order chi connectivity index (χ0) is 24.4. The molecule has 0 saturated carbocycles. The van der Waals surface area contributed by atoms with Crippen LogP contribution in [0.4, 0.5) is 14.9 Å². The van der Waals surface area contributed by atoms with E-state index in [0.29, 0.717) is 10.8 Å². The summed E-state index contributed by atoms with van der Waals surface area (Å²) in [6.45, 7) is 0. The summed E-state index contributed by atoms with van der Waals surface area (Å²) in [4.78, 5) is 24.5. The van der Waals surface area contributed by atoms with Crippen LogP contribution in [0.15, 0.2) is 66.7 Å². The molecule has 172 valence electrons. The van der Waals surface area contributed by atoms with E-state index in [9.17, 15) is 14.0 Å². The van der Waals surface area contributed by atoms with E-state index in [1.165, 1.54) is 24.3 Å². The Bertz CT molecular complexity index is 1400. The smallest absolute Gasteiger partial charge is 0.326 e. The number of benzene rings is 4.